The first-order valence-corrected chi connectivity index (χ1v) is 10.3. The summed E-state index contributed by atoms with van der Waals surface area (Å²) in [5.41, 5.74) is 6.27. The van der Waals surface area contributed by atoms with E-state index in [2.05, 4.69) is 12.1 Å². The summed E-state index contributed by atoms with van der Waals surface area (Å²) in [4.78, 5) is 10.6. The summed E-state index contributed by atoms with van der Waals surface area (Å²) in [5.74, 6) is 0.851. The molecule has 0 spiro atoms. The summed E-state index contributed by atoms with van der Waals surface area (Å²) in [7, 11) is 0. The van der Waals surface area contributed by atoms with Crippen LogP contribution in [0, 0.1) is 20.8 Å². The van der Waals surface area contributed by atoms with Gasteiger partial charge in [0.1, 0.15) is 23.9 Å². The third kappa shape index (κ3) is 6.01. The van der Waals surface area contributed by atoms with Gasteiger partial charge >= 0.3 is 5.97 Å². The number of aliphatic carboxylic acids is 1. The van der Waals surface area contributed by atoms with E-state index < -0.39 is 5.97 Å². The van der Waals surface area contributed by atoms with Gasteiger partial charge in [-0.1, -0.05) is 24.3 Å². The fourth-order valence-corrected chi connectivity index (χ4v) is 3.61. The maximum absolute atomic E-state index is 10.6. The number of aryl methyl sites for hydroxylation is 3. The van der Waals surface area contributed by atoms with Gasteiger partial charge in [0.15, 0.2) is 0 Å². The number of benzene rings is 3. The zero-order valence-corrected chi connectivity index (χ0v) is 18.1. The van der Waals surface area contributed by atoms with Crippen LogP contribution >= 0.6 is 0 Å². The van der Waals surface area contributed by atoms with Crippen LogP contribution in [0.2, 0.25) is 0 Å². The van der Waals surface area contributed by atoms with Crippen molar-refractivity contribution in [2.75, 3.05) is 6.61 Å². The minimum atomic E-state index is -0.822. The number of carbonyl (C=O) groups is 1. The van der Waals surface area contributed by atoms with Crippen LogP contribution in [-0.4, -0.2) is 22.8 Å². The third-order valence-corrected chi connectivity index (χ3v) is 5.09. The molecule has 0 aliphatic rings. The van der Waals surface area contributed by atoms with Gasteiger partial charge in [-0.05, 0) is 84.8 Å². The minimum Gasteiger partial charge on any atom is -0.508 e. The van der Waals surface area contributed by atoms with Gasteiger partial charge in [0.25, 0.3) is 0 Å². The molecular formula is C26H28O5. The van der Waals surface area contributed by atoms with Gasteiger partial charge < -0.3 is 19.7 Å². The number of rotatable bonds is 9. The summed E-state index contributed by atoms with van der Waals surface area (Å²) >= 11 is 0. The van der Waals surface area contributed by atoms with Crippen molar-refractivity contribution < 1.29 is 24.5 Å². The first-order valence-electron chi connectivity index (χ1n) is 10.3. The Morgan fingerprint density at radius 2 is 1.65 bits per heavy atom. The molecule has 3 aromatic rings. The van der Waals surface area contributed by atoms with Gasteiger partial charge in [-0.15, -0.1) is 0 Å². The van der Waals surface area contributed by atoms with Gasteiger partial charge in [-0.3, -0.25) is 4.79 Å². The van der Waals surface area contributed by atoms with Gasteiger partial charge in [0.2, 0.25) is 0 Å². The molecule has 5 heteroatoms. The van der Waals surface area contributed by atoms with Crippen LogP contribution in [0.3, 0.4) is 0 Å². The fraction of sp³-hybridized carbons (Fsp3) is 0.269. The van der Waals surface area contributed by atoms with E-state index in [1.807, 2.05) is 51.1 Å². The second-order valence-electron chi connectivity index (χ2n) is 7.72. The number of phenols is 1. The van der Waals surface area contributed by atoms with Crippen molar-refractivity contribution in [2.24, 2.45) is 0 Å². The number of hydrogen-bond acceptors (Lipinski definition) is 4. The predicted octanol–water partition coefficient (Wildman–Crippen LogP) is 5.81. The summed E-state index contributed by atoms with van der Waals surface area (Å²) < 4.78 is 11.7. The van der Waals surface area contributed by atoms with Crippen LogP contribution in [0.15, 0.2) is 54.6 Å². The highest BCUT2D eigenvalue weighted by Crippen LogP contribution is 2.31. The predicted molar refractivity (Wildman–Crippen MR) is 121 cm³/mol. The Balaban J connectivity index is 1.69. The van der Waals surface area contributed by atoms with Crippen molar-refractivity contribution in [1.82, 2.24) is 0 Å². The standard InChI is InChI=1S/C26H28O5/c1-17-9-10-23(15-24(17)30-11-5-8-25(28)29)31-16-20-6-4-7-21(14-20)26-18(2)12-22(27)13-19(26)3/h4,6-7,9-10,12-15,27H,5,8,11,16H2,1-3H3,(H,28,29). The van der Waals surface area contributed by atoms with E-state index in [-0.39, 0.29) is 12.2 Å². The Morgan fingerprint density at radius 1 is 0.903 bits per heavy atom. The first kappa shape index (κ1) is 22.2. The first-order chi connectivity index (χ1) is 14.8. The topological polar surface area (TPSA) is 76.0 Å². The zero-order chi connectivity index (χ0) is 22.4. The summed E-state index contributed by atoms with van der Waals surface area (Å²) in [6, 6.07) is 17.4. The van der Waals surface area contributed by atoms with Crippen molar-refractivity contribution in [1.29, 1.82) is 0 Å². The van der Waals surface area contributed by atoms with E-state index in [4.69, 9.17) is 14.6 Å². The number of ether oxygens (including phenoxy) is 2. The number of hydrogen-bond donors (Lipinski definition) is 2. The van der Waals surface area contributed by atoms with Crippen molar-refractivity contribution in [3.63, 3.8) is 0 Å². The van der Waals surface area contributed by atoms with Crippen LogP contribution in [0.25, 0.3) is 11.1 Å². The molecule has 162 valence electrons. The second kappa shape index (κ2) is 10.0. The molecule has 0 radical (unpaired) electrons. The molecule has 3 aromatic carbocycles. The normalized spacial score (nSPS) is 10.7. The molecule has 0 aromatic heterocycles. The number of carboxylic acid groups (broad SMARTS) is 1. The lowest BCUT2D eigenvalue weighted by Gasteiger charge is -2.14. The maximum Gasteiger partial charge on any atom is 0.303 e. The average molecular weight is 421 g/mol. The molecule has 31 heavy (non-hydrogen) atoms. The average Bonchev–Trinajstić information content (AvgIpc) is 2.71. The van der Waals surface area contributed by atoms with Crippen molar-refractivity contribution in [3.05, 3.63) is 76.9 Å². The molecule has 5 nitrogen and oxygen atoms in total. The van der Waals surface area contributed by atoms with Crippen LogP contribution in [0.1, 0.15) is 35.1 Å². The van der Waals surface area contributed by atoms with Gasteiger partial charge in [-0.25, -0.2) is 0 Å². The number of phenolic OH excluding ortho intramolecular Hbond substituents is 1. The highest BCUT2D eigenvalue weighted by molar-refractivity contribution is 5.72. The highest BCUT2D eigenvalue weighted by atomic mass is 16.5. The van der Waals surface area contributed by atoms with Crippen LogP contribution < -0.4 is 9.47 Å². The van der Waals surface area contributed by atoms with Crippen LogP contribution in [-0.2, 0) is 11.4 Å². The van der Waals surface area contributed by atoms with Crippen molar-refractivity contribution in [2.45, 2.75) is 40.2 Å². The highest BCUT2D eigenvalue weighted by Gasteiger charge is 2.09. The summed E-state index contributed by atoms with van der Waals surface area (Å²) in [6.07, 6.45) is 0.550. The Hall–Kier alpha value is -3.47. The largest absolute Gasteiger partial charge is 0.508 e. The van der Waals surface area contributed by atoms with E-state index in [1.54, 1.807) is 12.1 Å². The van der Waals surface area contributed by atoms with Gasteiger partial charge in [0.05, 0.1) is 6.61 Å². The van der Waals surface area contributed by atoms with Crippen molar-refractivity contribution >= 4 is 5.97 Å². The van der Waals surface area contributed by atoms with E-state index in [1.165, 1.54) is 0 Å². The molecule has 0 saturated heterocycles. The molecule has 0 bridgehead atoms. The Kier molecular flexibility index (Phi) is 7.19. The minimum absolute atomic E-state index is 0.0888. The molecule has 0 aliphatic carbocycles. The van der Waals surface area contributed by atoms with Gasteiger partial charge in [0, 0.05) is 12.5 Å². The molecule has 0 heterocycles. The molecule has 0 aliphatic heterocycles. The summed E-state index contributed by atoms with van der Waals surface area (Å²) in [5, 5.41) is 18.5. The second-order valence-corrected chi connectivity index (χ2v) is 7.72. The molecule has 0 unspecified atom stereocenters. The van der Waals surface area contributed by atoms with E-state index >= 15 is 0 Å². The van der Waals surface area contributed by atoms with Crippen LogP contribution in [0.4, 0.5) is 0 Å². The monoisotopic (exact) mass is 420 g/mol. The molecule has 0 saturated carbocycles. The van der Waals surface area contributed by atoms with Crippen LogP contribution in [0.5, 0.6) is 17.2 Å². The van der Waals surface area contributed by atoms with Gasteiger partial charge in [-0.2, -0.15) is 0 Å². The molecule has 2 N–H and O–H groups in total. The van der Waals surface area contributed by atoms with Crippen molar-refractivity contribution in [3.8, 4) is 28.4 Å². The number of carboxylic acids is 1. The molecule has 0 amide bonds. The smallest absolute Gasteiger partial charge is 0.303 e. The third-order valence-electron chi connectivity index (χ3n) is 5.09. The molecule has 3 rings (SSSR count). The quantitative estimate of drug-likeness (QED) is 0.428. The lowest BCUT2D eigenvalue weighted by Crippen LogP contribution is -2.03. The van der Waals surface area contributed by atoms with E-state index in [0.29, 0.717) is 31.1 Å². The lowest BCUT2D eigenvalue weighted by molar-refractivity contribution is -0.137. The summed E-state index contributed by atoms with van der Waals surface area (Å²) in [6.45, 7) is 6.70. The SMILES string of the molecule is Cc1ccc(OCc2cccc(-c3c(C)cc(O)cc3C)c2)cc1OCCCC(=O)O. The molecule has 0 fully saturated rings. The lowest BCUT2D eigenvalue weighted by atomic mass is 9.94. The zero-order valence-electron chi connectivity index (χ0n) is 18.1. The van der Waals surface area contributed by atoms with E-state index in [9.17, 15) is 9.90 Å². The fourth-order valence-electron chi connectivity index (χ4n) is 3.61. The Bertz CT molecular complexity index is 1050. The Morgan fingerprint density at radius 3 is 2.35 bits per heavy atom. The Labute approximate surface area is 182 Å². The molecular weight excluding hydrogens is 392 g/mol. The molecule has 0 atom stereocenters. The van der Waals surface area contributed by atoms with E-state index in [0.717, 1.165) is 33.4 Å². The maximum atomic E-state index is 10.6. The number of aromatic hydroxyl groups is 1.